The summed E-state index contributed by atoms with van der Waals surface area (Å²) in [6.45, 7) is 0.536. The number of nitrogens with zero attached hydrogens (tertiary/aromatic N) is 3. The number of aromatic hydroxyl groups is 1. The van der Waals surface area contributed by atoms with E-state index >= 15 is 0 Å². The maximum absolute atomic E-state index is 9.59. The van der Waals surface area contributed by atoms with E-state index in [4.69, 9.17) is 15.6 Å². The summed E-state index contributed by atoms with van der Waals surface area (Å²) >= 11 is 0. The Labute approximate surface area is 161 Å². The zero-order chi connectivity index (χ0) is 19.5. The van der Waals surface area contributed by atoms with Crippen molar-refractivity contribution in [1.82, 2.24) is 14.5 Å². The minimum Gasteiger partial charge on any atom is -0.508 e. The van der Waals surface area contributed by atoms with Gasteiger partial charge in [-0.2, -0.15) is 0 Å². The molecule has 4 rings (SSSR count). The number of hydrogen-bond acceptors (Lipinski definition) is 6. The predicted molar refractivity (Wildman–Crippen MR) is 108 cm³/mol. The van der Waals surface area contributed by atoms with Crippen molar-refractivity contribution in [3.63, 3.8) is 0 Å². The van der Waals surface area contributed by atoms with E-state index in [1.165, 1.54) is 6.33 Å². The molecule has 2 aromatic carbocycles. The molecule has 2 heterocycles. The van der Waals surface area contributed by atoms with Crippen LogP contribution in [0.4, 0.5) is 5.82 Å². The van der Waals surface area contributed by atoms with E-state index < -0.39 is 0 Å². The van der Waals surface area contributed by atoms with Gasteiger partial charge in [-0.1, -0.05) is 18.2 Å². The van der Waals surface area contributed by atoms with Crippen molar-refractivity contribution in [3.8, 4) is 28.3 Å². The first-order valence-corrected chi connectivity index (χ1v) is 8.92. The molecule has 7 heteroatoms. The molecule has 0 amide bonds. The highest BCUT2D eigenvalue weighted by Gasteiger charge is 2.16. The first kappa shape index (κ1) is 17.8. The normalized spacial score (nSPS) is 11.0. The summed E-state index contributed by atoms with van der Waals surface area (Å²) in [5.74, 6) is 1.30. The van der Waals surface area contributed by atoms with E-state index in [-0.39, 0.29) is 12.4 Å². The maximum atomic E-state index is 9.59. The van der Waals surface area contributed by atoms with E-state index in [1.807, 2.05) is 47.2 Å². The highest BCUT2D eigenvalue weighted by molar-refractivity contribution is 6.01. The van der Waals surface area contributed by atoms with E-state index in [0.717, 1.165) is 22.2 Å². The molecule has 0 aliphatic rings. The summed E-state index contributed by atoms with van der Waals surface area (Å²) in [5, 5.41) is 19.3. The van der Waals surface area contributed by atoms with Gasteiger partial charge in [0.2, 0.25) is 0 Å². The van der Waals surface area contributed by atoms with Crippen LogP contribution in [0, 0.1) is 0 Å². The number of nitrogens with two attached hydrogens (primary N) is 1. The standard InChI is InChI=1S/C21H20N4O3/c22-20-19-18(14-5-7-16(27)8-6-14)12-25(21(19)24-13-23-20)15-3-1-4-17(11-15)28-10-2-9-26/h1,3-8,11-13,26-27H,2,9-10H2,(H2,22,23,24). The topological polar surface area (TPSA) is 106 Å². The lowest BCUT2D eigenvalue weighted by atomic mass is 10.1. The van der Waals surface area contributed by atoms with Crippen molar-refractivity contribution in [1.29, 1.82) is 0 Å². The Morgan fingerprint density at radius 3 is 2.68 bits per heavy atom. The molecule has 4 N–H and O–H groups in total. The number of nitrogen functional groups attached to an aromatic ring is 1. The average Bonchev–Trinajstić information content (AvgIpc) is 3.10. The van der Waals surface area contributed by atoms with E-state index in [1.54, 1.807) is 12.1 Å². The lowest BCUT2D eigenvalue weighted by molar-refractivity contribution is 0.233. The van der Waals surface area contributed by atoms with Gasteiger partial charge in [0.15, 0.2) is 5.65 Å². The maximum Gasteiger partial charge on any atom is 0.150 e. The van der Waals surface area contributed by atoms with Crippen molar-refractivity contribution in [2.45, 2.75) is 6.42 Å². The van der Waals surface area contributed by atoms with Gasteiger partial charge < -0.3 is 25.3 Å². The second kappa shape index (κ2) is 7.58. The molecule has 0 saturated heterocycles. The molecular formula is C21H20N4O3. The molecule has 28 heavy (non-hydrogen) atoms. The lowest BCUT2D eigenvalue weighted by Crippen LogP contribution is -2.01. The van der Waals surface area contributed by atoms with Crippen molar-refractivity contribution in [2.24, 2.45) is 0 Å². The first-order chi connectivity index (χ1) is 13.7. The van der Waals surface area contributed by atoms with Crippen LogP contribution in [0.2, 0.25) is 0 Å². The number of aromatic nitrogens is 3. The fraction of sp³-hybridized carbons (Fsp3) is 0.143. The number of phenols is 1. The number of hydrogen-bond donors (Lipinski definition) is 3. The lowest BCUT2D eigenvalue weighted by Gasteiger charge is -2.09. The zero-order valence-corrected chi connectivity index (χ0v) is 15.1. The molecular weight excluding hydrogens is 356 g/mol. The quantitative estimate of drug-likeness (QED) is 0.446. The van der Waals surface area contributed by atoms with Crippen molar-refractivity contribution < 1.29 is 14.9 Å². The Morgan fingerprint density at radius 2 is 1.89 bits per heavy atom. The minimum absolute atomic E-state index is 0.0914. The summed E-state index contributed by atoms with van der Waals surface area (Å²) in [6, 6.07) is 14.6. The molecule has 0 aliphatic carbocycles. The highest BCUT2D eigenvalue weighted by Crippen LogP contribution is 2.35. The van der Waals surface area contributed by atoms with Crippen molar-refractivity contribution >= 4 is 16.9 Å². The van der Waals surface area contributed by atoms with Gasteiger partial charge in [-0.3, -0.25) is 0 Å². The summed E-state index contributed by atoms with van der Waals surface area (Å²) < 4.78 is 7.63. The molecule has 0 bridgehead atoms. The molecule has 0 radical (unpaired) electrons. The third kappa shape index (κ3) is 3.35. The van der Waals surface area contributed by atoms with Gasteiger partial charge in [0, 0.05) is 30.9 Å². The van der Waals surface area contributed by atoms with Gasteiger partial charge >= 0.3 is 0 Å². The van der Waals surface area contributed by atoms with E-state index in [2.05, 4.69) is 9.97 Å². The van der Waals surface area contributed by atoms with Gasteiger partial charge in [0.05, 0.1) is 17.7 Å². The SMILES string of the molecule is Nc1ncnc2c1c(-c1ccc(O)cc1)cn2-c1cccc(OCCCO)c1. The second-order valence-electron chi connectivity index (χ2n) is 6.34. The van der Waals surface area contributed by atoms with Gasteiger partial charge in [0.25, 0.3) is 0 Å². The Balaban J connectivity index is 1.83. The Bertz CT molecular complexity index is 1110. The van der Waals surface area contributed by atoms with Gasteiger partial charge in [0.1, 0.15) is 23.6 Å². The molecule has 142 valence electrons. The zero-order valence-electron chi connectivity index (χ0n) is 15.1. The molecule has 7 nitrogen and oxygen atoms in total. The number of fused-ring (bicyclic) bond motifs is 1. The van der Waals surface area contributed by atoms with Crippen LogP contribution in [0.5, 0.6) is 11.5 Å². The predicted octanol–water partition coefficient (Wildman–Crippen LogP) is 3.14. The molecule has 0 aliphatic heterocycles. The number of aliphatic hydroxyl groups excluding tert-OH is 1. The number of benzene rings is 2. The van der Waals surface area contributed by atoms with E-state index in [9.17, 15) is 5.11 Å². The Kier molecular flexibility index (Phi) is 4.82. The van der Waals surface area contributed by atoms with Crippen LogP contribution in [-0.2, 0) is 0 Å². The third-order valence-corrected chi connectivity index (χ3v) is 4.46. The van der Waals surface area contributed by atoms with Crippen LogP contribution in [0.25, 0.3) is 27.8 Å². The Hall–Kier alpha value is -3.58. The molecule has 0 spiro atoms. The number of anilines is 1. The summed E-state index contributed by atoms with van der Waals surface area (Å²) in [6.07, 6.45) is 3.97. The fourth-order valence-electron chi connectivity index (χ4n) is 3.12. The van der Waals surface area contributed by atoms with Gasteiger partial charge in [-0.05, 0) is 29.8 Å². The molecule has 0 atom stereocenters. The number of rotatable bonds is 6. The second-order valence-corrected chi connectivity index (χ2v) is 6.34. The molecule has 0 saturated carbocycles. The van der Waals surface area contributed by atoms with Crippen LogP contribution < -0.4 is 10.5 Å². The number of phenolic OH excluding ortho intramolecular Hbond substituents is 1. The minimum atomic E-state index is 0.0914. The average molecular weight is 376 g/mol. The summed E-state index contributed by atoms with van der Waals surface area (Å²) in [4.78, 5) is 8.58. The molecule has 0 unspecified atom stereocenters. The molecule has 2 aromatic heterocycles. The van der Waals surface area contributed by atoms with Crippen LogP contribution >= 0.6 is 0 Å². The van der Waals surface area contributed by atoms with Crippen LogP contribution in [-0.4, -0.2) is 38.0 Å². The molecule has 0 fully saturated rings. The first-order valence-electron chi connectivity index (χ1n) is 8.92. The van der Waals surface area contributed by atoms with Crippen LogP contribution in [0.3, 0.4) is 0 Å². The van der Waals surface area contributed by atoms with Gasteiger partial charge in [-0.15, -0.1) is 0 Å². The van der Waals surface area contributed by atoms with Crippen LogP contribution in [0.1, 0.15) is 6.42 Å². The van der Waals surface area contributed by atoms with Crippen molar-refractivity contribution in [2.75, 3.05) is 18.9 Å². The monoisotopic (exact) mass is 376 g/mol. The molecule has 4 aromatic rings. The fourth-order valence-corrected chi connectivity index (χ4v) is 3.12. The highest BCUT2D eigenvalue weighted by atomic mass is 16.5. The van der Waals surface area contributed by atoms with E-state index in [0.29, 0.717) is 30.2 Å². The van der Waals surface area contributed by atoms with Crippen LogP contribution in [0.15, 0.2) is 61.1 Å². The van der Waals surface area contributed by atoms with Gasteiger partial charge in [-0.25, -0.2) is 9.97 Å². The summed E-state index contributed by atoms with van der Waals surface area (Å²) in [5.41, 5.74) is 9.49. The smallest absolute Gasteiger partial charge is 0.150 e. The third-order valence-electron chi connectivity index (χ3n) is 4.46. The van der Waals surface area contributed by atoms with Crippen molar-refractivity contribution in [3.05, 3.63) is 61.1 Å². The largest absolute Gasteiger partial charge is 0.508 e. The summed E-state index contributed by atoms with van der Waals surface area (Å²) in [7, 11) is 0. The Morgan fingerprint density at radius 1 is 1.07 bits per heavy atom. The number of ether oxygens (including phenoxy) is 1. The number of aliphatic hydroxyl groups is 1.